The first-order chi connectivity index (χ1) is 13.1. The van der Waals surface area contributed by atoms with Crippen LogP contribution in [-0.4, -0.2) is 14.5 Å². The summed E-state index contributed by atoms with van der Waals surface area (Å²) in [7, 11) is 0. The van der Waals surface area contributed by atoms with E-state index < -0.39 is 0 Å². The highest BCUT2D eigenvalue weighted by atomic mass is 79.9. The van der Waals surface area contributed by atoms with E-state index >= 15 is 0 Å². The molecule has 0 aliphatic rings. The quantitative estimate of drug-likeness (QED) is 0.327. The molecular weight excluding hydrogens is 422 g/mol. The summed E-state index contributed by atoms with van der Waals surface area (Å²) in [4.78, 5) is 22.3. The summed E-state index contributed by atoms with van der Waals surface area (Å²) in [5, 5.41) is 1.23. The molecule has 6 heteroatoms. The van der Waals surface area contributed by atoms with Crippen molar-refractivity contribution in [2.45, 2.75) is 17.8 Å². The molecule has 0 N–H and O–H groups in total. The molecule has 0 saturated heterocycles. The van der Waals surface area contributed by atoms with Gasteiger partial charge in [-0.05, 0) is 48.4 Å². The van der Waals surface area contributed by atoms with Gasteiger partial charge in [-0.15, -0.1) is 0 Å². The first kappa shape index (κ1) is 17.9. The summed E-state index contributed by atoms with van der Waals surface area (Å²) in [5.74, 6) is 1.30. The Morgan fingerprint density at radius 3 is 2.56 bits per heavy atom. The first-order valence-electron chi connectivity index (χ1n) is 8.44. The third-order valence-electron chi connectivity index (χ3n) is 4.15. The molecule has 0 atom stereocenters. The summed E-state index contributed by atoms with van der Waals surface area (Å²) in [6.45, 7) is 1.97. The molecule has 0 fully saturated rings. The molecule has 0 bridgehead atoms. The second-order valence-corrected chi connectivity index (χ2v) is 8.02. The van der Waals surface area contributed by atoms with E-state index in [1.165, 1.54) is 11.8 Å². The molecule has 0 unspecified atom stereocenters. The Kier molecular flexibility index (Phi) is 5.09. The molecule has 0 spiro atoms. The number of rotatable bonds is 4. The van der Waals surface area contributed by atoms with E-state index in [1.807, 2.05) is 49.4 Å². The molecule has 4 rings (SSSR count). The Labute approximate surface area is 169 Å². The molecule has 0 aliphatic heterocycles. The van der Waals surface area contributed by atoms with E-state index in [-0.39, 0.29) is 5.56 Å². The largest absolute Gasteiger partial charge is 0.268 e. The predicted octanol–water partition coefficient (Wildman–Crippen LogP) is 5.14. The number of halogens is 1. The number of nitrogens with zero attached hydrogens (tertiary/aromatic N) is 3. The van der Waals surface area contributed by atoms with Gasteiger partial charge >= 0.3 is 0 Å². The van der Waals surface area contributed by atoms with E-state index in [0.29, 0.717) is 27.6 Å². The normalized spacial score (nSPS) is 11.0. The van der Waals surface area contributed by atoms with Gasteiger partial charge < -0.3 is 0 Å². The van der Waals surface area contributed by atoms with Gasteiger partial charge in [-0.3, -0.25) is 4.79 Å². The summed E-state index contributed by atoms with van der Waals surface area (Å²) in [6.07, 6.45) is 1.76. The van der Waals surface area contributed by atoms with Gasteiger partial charge in [0.15, 0.2) is 5.16 Å². The fourth-order valence-electron chi connectivity index (χ4n) is 2.73. The van der Waals surface area contributed by atoms with Crippen molar-refractivity contribution in [2.24, 2.45) is 0 Å². The highest BCUT2D eigenvalue weighted by Crippen LogP contribution is 2.24. The van der Waals surface area contributed by atoms with Gasteiger partial charge in [0.25, 0.3) is 5.56 Å². The zero-order valence-corrected chi connectivity index (χ0v) is 17.0. The number of para-hydroxylation sites is 1. The van der Waals surface area contributed by atoms with Crippen LogP contribution < -0.4 is 5.56 Å². The van der Waals surface area contributed by atoms with Crippen LogP contribution in [0.5, 0.6) is 0 Å². The lowest BCUT2D eigenvalue weighted by atomic mass is 10.2. The molecule has 2 aromatic heterocycles. The molecule has 0 aliphatic carbocycles. The Bertz CT molecular complexity index is 1150. The maximum Gasteiger partial charge on any atom is 0.267 e. The van der Waals surface area contributed by atoms with Crippen LogP contribution in [0.3, 0.4) is 0 Å². The molecule has 27 heavy (non-hydrogen) atoms. The Hall–Kier alpha value is -2.44. The summed E-state index contributed by atoms with van der Waals surface area (Å²) in [5.41, 5.74) is 2.80. The maximum absolute atomic E-state index is 13.2. The number of benzene rings is 2. The van der Waals surface area contributed by atoms with Crippen molar-refractivity contribution in [2.75, 3.05) is 0 Å². The number of hydrogen-bond donors (Lipinski definition) is 0. The summed E-state index contributed by atoms with van der Waals surface area (Å²) < 4.78 is 2.64. The standard InChI is InChI=1S/C21H16BrN3OS/c1-14-6-11-19(23-12-14)25-20(26)17-4-2-3-5-18(17)24-21(25)27-13-15-7-9-16(22)10-8-15/h2-12H,13H2,1H3. The minimum atomic E-state index is -0.102. The molecule has 2 aromatic carbocycles. The Morgan fingerprint density at radius 1 is 1.04 bits per heavy atom. The van der Waals surface area contributed by atoms with Crippen LogP contribution in [0.2, 0.25) is 0 Å². The lowest BCUT2D eigenvalue weighted by Gasteiger charge is -2.12. The monoisotopic (exact) mass is 437 g/mol. The Balaban J connectivity index is 1.81. The lowest BCUT2D eigenvalue weighted by Crippen LogP contribution is -2.22. The third kappa shape index (κ3) is 3.82. The fourth-order valence-corrected chi connectivity index (χ4v) is 3.95. The third-order valence-corrected chi connectivity index (χ3v) is 5.69. The highest BCUT2D eigenvalue weighted by Gasteiger charge is 2.14. The Morgan fingerprint density at radius 2 is 1.81 bits per heavy atom. The van der Waals surface area contributed by atoms with E-state index in [2.05, 4.69) is 33.0 Å². The van der Waals surface area contributed by atoms with Crippen molar-refractivity contribution < 1.29 is 0 Å². The predicted molar refractivity (Wildman–Crippen MR) is 114 cm³/mol. The van der Waals surface area contributed by atoms with Gasteiger partial charge in [-0.25, -0.2) is 14.5 Å². The van der Waals surface area contributed by atoms with Crippen LogP contribution in [0.1, 0.15) is 11.1 Å². The average Bonchev–Trinajstić information content (AvgIpc) is 2.69. The topological polar surface area (TPSA) is 47.8 Å². The zero-order chi connectivity index (χ0) is 18.8. The number of thioether (sulfide) groups is 1. The van der Waals surface area contributed by atoms with Crippen LogP contribution in [0.15, 0.2) is 81.3 Å². The average molecular weight is 438 g/mol. The molecular formula is C21H16BrN3OS. The minimum absolute atomic E-state index is 0.102. The van der Waals surface area contributed by atoms with Crippen molar-refractivity contribution in [1.29, 1.82) is 0 Å². The number of aromatic nitrogens is 3. The van der Waals surface area contributed by atoms with Crippen LogP contribution in [-0.2, 0) is 5.75 Å². The van der Waals surface area contributed by atoms with E-state index in [1.54, 1.807) is 16.8 Å². The SMILES string of the molecule is Cc1ccc(-n2c(SCc3ccc(Br)cc3)nc3ccccc3c2=O)nc1. The summed E-state index contributed by atoms with van der Waals surface area (Å²) in [6, 6.07) is 19.4. The number of hydrogen-bond acceptors (Lipinski definition) is 4. The smallest absolute Gasteiger partial charge is 0.267 e. The van der Waals surface area contributed by atoms with Crippen LogP contribution in [0.25, 0.3) is 16.7 Å². The van der Waals surface area contributed by atoms with Gasteiger partial charge in [-0.2, -0.15) is 0 Å². The van der Waals surface area contributed by atoms with Crippen molar-refractivity contribution in [3.8, 4) is 5.82 Å². The molecule has 0 saturated carbocycles. The van der Waals surface area contributed by atoms with Crippen LogP contribution in [0, 0.1) is 6.92 Å². The van der Waals surface area contributed by atoms with E-state index in [9.17, 15) is 4.79 Å². The fraction of sp³-hybridized carbons (Fsp3) is 0.0952. The molecule has 2 heterocycles. The van der Waals surface area contributed by atoms with Gasteiger partial charge in [-0.1, -0.05) is 58.0 Å². The second-order valence-electron chi connectivity index (χ2n) is 6.16. The lowest BCUT2D eigenvalue weighted by molar-refractivity contribution is 0.794. The number of pyridine rings is 1. The molecule has 4 aromatic rings. The number of fused-ring (bicyclic) bond motifs is 1. The molecule has 0 amide bonds. The molecule has 134 valence electrons. The molecule has 4 nitrogen and oxygen atoms in total. The highest BCUT2D eigenvalue weighted by molar-refractivity contribution is 9.10. The zero-order valence-electron chi connectivity index (χ0n) is 14.6. The van der Waals surface area contributed by atoms with Crippen molar-refractivity contribution in [1.82, 2.24) is 14.5 Å². The van der Waals surface area contributed by atoms with Gasteiger partial charge in [0, 0.05) is 16.4 Å². The van der Waals surface area contributed by atoms with E-state index in [4.69, 9.17) is 4.98 Å². The van der Waals surface area contributed by atoms with Crippen molar-refractivity contribution in [3.05, 3.63) is 92.8 Å². The van der Waals surface area contributed by atoms with Crippen LogP contribution in [0.4, 0.5) is 0 Å². The minimum Gasteiger partial charge on any atom is -0.268 e. The van der Waals surface area contributed by atoms with Gasteiger partial charge in [0.1, 0.15) is 5.82 Å². The van der Waals surface area contributed by atoms with Gasteiger partial charge in [0.2, 0.25) is 0 Å². The first-order valence-corrected chi connectivity index (χ1v) is 10.2. The van der Waals surface area contributed by atoms with E-state index in [0.717, 1.165) is 15.6 Å². The van der Waals surface area contributed by atoms with Gasteiger partial charge in [0.05, 0.1) is 10.9 Å². The second kappa shape index (κ2) is 7.66. The summed E-state index contributed by atoms with van der Waals surface area (Å²) >= 11 is 4.98. The van der Waals surface area contributed by atoms with Crippen LogP contribution >= 0.6 is 27.7 Å². The maximum atomic E-state index is 13.2. The number of aryl methyl sites for hydroxylation is 1. The van der Waals surface area contributed by atoms with Crippen molar-refractivity contribution in [3.63, 3.8) is 0 Å². The van der Waals surface area contributed by atoms with Crippen molar-refractivity contribution >= 4 is 38.6 Å². The molecule has 0 radical (unpaired) electrons.